The molecular formula is C13H13N3O2S. The molecule has 0 saturated carbocycles. The van der Waals surface area contributed by atoms with Gasteiger partial charge in [-0.05, 0) is 37.0 Å². The van der Waals surface area contributed by atoms with Crippen molar-refractivity contribution in [3.8, 4) is 5.88 Å². The van der Waals surface area contributed by atoms with Crippen molar-refractivity contribution in [3.63, 3.8) is 0 Å². The second-order valence-corrected chi connectivity index (χ2v) is 5.08. The van der Waals surface area contributed by atoms with Gasteiger partial charge in [0.1, 0.15) is 12.3 Å². The average molecular weight is 275 g/mol. The van der Waals surface area contributed by atoms with Crippen molar-refractivity contribution >= 4 is 23.1 Å². The second kappa shape index (κ2) is 4.62. The van der Waals surface area contributed by atoms with E-state index in [4.69, 9.17) is 4.74 Å². The molecule has 0 unspecified atom stereocenters. The molecule has 0 atom stereocenters. The molecule has 1 aliphatic rings. The molecule has 98 valence electrons. The smallest absolute Gasteiger partial charge is 0.261 e. The number of rotatable bonds is 1. The summed E-state index contributed by atoms with van der Waals surface area (Å²) in [6.45, 7) is 4.79. The molecule has 0 bridgehead atoms. The number of anilines is 1. The van der Waals surface area contributed by atoms with Crippen LogP contribution in [0.5, 0.6) is 5.88 Å². The number of hydrogen-bond donors (Lipinski definition) is 0. The Labute approximate surface area is 115 Å². The van der Waals surface area contributed by atoms with Crippen LogP contribution in [0.15, 0.2) is 17.6 Å². The SMILES string of the molecule is Cc1cnc2c(c1)N(C(=O)c1csnc1C)CCO2. The van der Waals surface area contributed by atoms with Gasteiger partial charge in [-0.2, -0.15) is 4.37 Å². The molecule has 2 aromatic heterocycles. The first-order valence-electron chi connectivity index (χ1n) is 5.99. The van der Waals surface area contributed by atoms with E-state index in [1.54, 1.807) is 16.5 Å². The molecule has 6 heteroatoms. The van der Waals surface area contributed by atoms with Gasteiger partial charge in [0.25, 0.3) is 5.91 Å². The van der Waals surface area contributed by atoms with E-state index in [9.17, 15) is 4.79 Å². The molecule has 3 rings (SSSR count). The zero-order valence-corrected chi connectivity index (χ0v) is 11.5. The fourth-order valence-corrected chi connectivity index (χ4v) is 2.74. The molecule has 0 spiro atoms. The fourth-order valence-electron chi connectivity index (χ4n) is 2.05. The largest absolute Gasteiger partial charge is 0.474 e. The molecular weight excluding hydrogens is 262 g/mol. The highest BCUT2D eigenvalue weighted by molar-refractivity contribution is 7.04. The number of aromatic nitrogens is 2. The molecule has 0 saturated heterocycles. The Bertz CT molecular complexity index is 639. The van der Waals surface area contributed by atoms with Gasteiger partial charge >= 0.3 is 0 Å². The minimum absolute atomic E-state index is 0.0387. The normalized spacial score (nSPS) is 13.9. The van der Waals surface area contributed by atoms with Gasteiger partial charge < -0.3 is 4.74 Å². The Hall–Kier alpha value is -1.95. The van der Waals surface area contributed by atoms with Crippen LogP contribution < -0.4 is 9.64 Å². The summed E-state index contributed by atoms with van der Waals surface area (Å²) in [4.78, 5) is 18.5. The Morgan fingerprint density at radius 2 is 2.32 bits per heavy atom. The van der Waals surface area contributed by atoms with Gasteiger partial charge in [-0.25, -0.2) is 4.98 Å². The van der Waals surface area contributed by atoms with E-state index in [0.717, 1.165) is 16.9 Å². The predicted octanol–water partition coefficient (Wildman–Crippen LogP) is 2.19. The number of aryl methyl sites for hydroxylation is 2. The van der Waals surface area contributed by atoms with Gasteiger partial charge in [-0.3, -0.25) is 9.69 Å². The average Bonchev–Trinajstić information content (AvgIpc) is 2.83. The van der Waals surface area contributed by atoms with Crippen LogP contribution in [0.25, 0.3) is 0 Å². The maximum Gasteiger partial charge on any atom is 0.261 e. The fraction of sp³-hybridized carbons (Fsp3) is 0.308. The minimum atomic E-state index is -0.0387. The number of carbonyl (C=O) groups is 1. The number of carbonyl (C=O) groups excluding carboxylic acids is 1. The van der Waals surface area contributed by atoms with Crippen molar-refractivity contribution in [1.29, 1.82) is 0 Å². The van der Waals surface area contributed by atoms with Crippen molar-refractivity contribution in [1.82, 2.24) is 9.36 Å². The molecule has 2 aromatic rings. The highest BCUT2D eigenvalue weighted by atomic mass is 32.1. The summed E-state index contributed by atoms with van der Waals surface area (Å²) in [6.07, 6.45) is 1.74. The summed E-state index contributed by atoms with van der Waals surface area (Å²) < 4.78 is 9.64. The van der Waals surface area contributed by atoms with E-state index >= 15 is 0 Å². The Morgan fingerprint density at radius 3 is 3.05 bits per heavy atom. The summed E-state index contributed by atoms with van der Waals surface area (Å²) in [5.41, 5.74) is 3.16. The predicted molar refractivity (Wildman–Crippen MR) is 73.0 cm³/mol. The Kier molecular flexibility index (Phi) is 2.94. The van der Waals surface area contributed by atoms with Gasteiger partial charge in [-0.1, -0.05) is 0 Å². The molecule has 0 aliphatic carbocycles. The highest BCUT2D eigenvalue weighted by Crippen LogP contribution is 2.31. The highest BCUT2D eigenvalue weighted by Gasteiger charge is 2.27. The van der Waals surface area contributed by atoms with E-state index in [1.165, 1.54) is 11.5 Å². The molecule has 19 heavy (non-hydrogen) atoms. The van der Waals surface area contributed by atoms with Crippen LogP contribution in [0.4, 0.5) is 5.69 Å². The zero-order chi connectivity index (χ0) is 13.4. The van der Waals surface area contributed by atoms with Crippen LogP contribution in [-0.4, -0.2) is 28.4 Å². The Balaban J connectivity index is 2.02. The molecule has 0 radical (unpaired) electrons. The third kappa shape index (κ3) is 2.08. The molecule has 0 N–H and O–H groups in total. The number of amides is 1. The van der Waals surface area contributed by atoms with Crippen LogP contribution in [-0.2, 0) is 0 Å². The van der Waals surface area contributed by atoms with Crippen LogP contribution in [0.2, 0.25) is 0 Å². The number of ether oxygens (including phenoxy) is 1. The van der Waals surface area contributed by atoms with Crippen molar-refractivity contribution in [3.05, 3.63) is 34.5 Å². The summed E-state index contributed by atoms with van der Waals surface area (Å²) in [7, 11) is 0. The molecule has 5 nitrogen and oxygen atoms in total. The standard InChI is InChI=1S/C13H13N3O2S/c1-8-5-11-12(14-6-8)18-4-3-16(11)13(17)10-7-19-15-9(10)2/h5-7H,3-4H2,1-2H3. The summed E-state index contributed by atoms with van der Waals surface area (Å²) >= 11 is 1.30. The molecule has 1 amide bonds. The summed E-state index contributed by atoms with van der Waals surface area (Å²) in [5.74, 6) is 0.481. The second-order valence-electron chi connectivity index (χ2n) is 4.46. The third-order valence-electron chi connectivity index (χ3n) is 3.04. The Morgan fingerprint density at radius 1 is 1.47 bits per heavy atom. The van der Waals surface area contributed by atoms with Crippen LogP contribution in [0.1, 0.15) is 21.6 Å². The van der Waals surface area contributed by atoms with Crippen molar-refractivity contribution in [2.24, 2.45) is 0 Å². The maximum atomic E-state index is 12.6. The summed E-state index contributed by atoms with van der Waals surface area (Å²) in [5, 5.41) is 1.79. The zero-order valence-electron chi connectivity index (χ0n) is 10.7. The third-order valence-corrected chi connectivity index (χ3v) is 3.76. The van der Waals surface area contributed by atoms with E-state index in [-0.39, 0.29) is 5.91 Å². The summed E-state index contributed by atoms with van der Waals surface area (Å²) in [6, 6.07) is 1.93. The van der Waals surface area contributed by atoms with E-state index < -0.39 is 0 Å². The lowest BCUT2D eigenvalue weighted by Crippen LogP contribution is -2.38. The molecule has 0 fully saturated rings. The van der Waals surface area contributed by atoms with Gasteiger partial charge in [-0.15, -0.1) is 0 Å². The number of hydrogen-bond acceptors (Lipinski definition) is 5. The van der Waals surface area contributed by atoms with Crippen LogP contribution in [0, 0.1) is 13.8 Å². The maximum absolute atomic E-state index is 12.6. The minimum Gasteiger partial charge on any atom is -0.474 e. The lowest BCUT2D eigenvalue weighted by molar-refractivity contribution is 0.0975. The molecule has 3 heterocycles. The quantitative estimate of drug-likeness (QED) is 0.800. The first kappa shape index (κ1) is 12.1. The van der Waals surface area contributed by atoms with Gasteiger partial charge in [0.2, 0.25) is 5.88 Å². The monoisotopic (exact) mass is 275 g/mol. The van der Waals surface area contributed by atoms with Gasteiger partial charge in [0, 0.05) is 11.6 Å². The van der Waals surface area contributed by atoms with E-state index in [0.29, 0.717) is 24.6 Å². The number of fused-ring (bicyclic) bond motifs is 1. The van der Waals surface area contributed by atoms with Crippen molar-refractivity contribution in [2.75, 3.05) is 18.1 Å². The van der Waals surface area contributed by atoms with Crippen LogP contribution in [0.3, 0.4) is 0 Å². The van der Waals surface area contributed by atoms with Gasteiger partial charge in [0.05, 0.1) is 17.8 Å². The van der Waals surface area contributed by atoms with Crippen molar-refractivity contribution < 1.29 is 9.53 Å². The van der Waals surface area contributed by atoms with E-state index in [1.807, 2.05) is 19.9 Å². The first-order valence-corrected chi connectivity index (χ1v) is 6.83. The molecule has 0 aromatic carbocycles. The van der Waals surface area contributed by atoms with Crippen molar-refractivity contribution in [2.45, 2.75) is 13.8 Å². The number of nitrogens with zero attached hydrogens (tertiary/aromatic N) is 3. The van der Waals surface area contributed by atoms with Gasteiger partial charge in [0.15, 0.2) is 0 Å². The van der Waals surface area contributed by atoms with Crippen LogP contribution >= 0.6 is 11.5 Å². The van der Waals surface area contributed by atoms with E-state index in [2.05, 4.69) is 9.36 Å². The lowest BCUT2D eigenvalue weighted by atomic mass is 10.2. The lowest BCUT2D eigenvalue weighted by Gasteiger charge is -2.28. The first-order chi connectivity index (χ1) is 9.16. The topological polar surface area (TPSA) is 55.3 Å². The molecule has 1 aliphatic heterocycles. The number of pyridine rings is 1.